The number of urea groups is 1. The zero-order valence-electron chi connectivity index (χ0n) is 18.1. The molecule has 1 N–H and O–H groups in total. The molecule has 3 atom stereocenters. The monoisotopic (exact) mass is 452 g/mol. The third-order valence-electron chi connectivity index (χ3n) is 7.20. The van der Waals surface area contributed by atoms with Gasteiger partial charge in [-0.15, -0.1) is 5.10 Å². The Kier molecular flexibility index (Phi) is 4.66. The van der Waals surface area contributed by atoms with Crippen molar-refractivity contribution in [2.24, 2.45) is 11.8 Å². The first-order chi connectivity index (χ1) is 16.0. The van der Waals surface area contributed by atoms with Crippen molar-refractivity contribution in [3.05, 3.63) is 41.5 Å². The summed E-state index contributed by atoms with van der Waals surface area (Å²) >= 11 is 0. The summed E-state index contributed by atoms with van der Waals surface area (Å²) in [5, 5.41) is 21.7. The summed E-state index contributed by atoms with van der Waals surface area (Å²) in [6, 6.07) is 3.83. The average molecular weight is 452 g/mol. The highest BCUT2D eigenvalue weighted by Gasteiger charge is 2.60. The number of aliphatic hydroxyl groups is 1. The summed E-state index contributed by atoms with van der Waals surface area (Å²) in [5.41, 5.74) is 1.97. The van der Waals surface area contributed by atoms with E-state index in [0.29, 0.717) is 48.6 Å². The fraction of sp³-hybridized carbons (Fsp3) is 0.524. The Balaban J connectivity index is 1.03. The third-order valence-corrected chi connectivity index (χ3v) is 7.20. The lowest BCUT2D eigenvalue weighted by atomic mass is 10.1. The number of hydrogen-bond acceptors (Lipinski definition) is 9. The first-order valence-corrected chi connectivity index (χ1v) is 11.1. The Hall–Kier alpha value is -3.38. The van der Waals surface area contributed by atoms with Crippen LogP contribution in [0.25, 0.3) is 5.82 Å². The lowest BCUT2D eigenvalue weighted by molar-refractivity contribution is -0.136. The fourth-order valence-corrected chi connectivity index (χ4v) is 5.37. The van der Waals surface area contributed by atoms with Crippen LogP contribution in [0.4, 0.5) is 4.79 Å². The van der Waals surface area contributed by atoms with Gasteiger partial charge in [0.15, 0.2) is 5.82 Å². The maximum absolute atomic E-state index is 13.0. The molecule has 2 saturated heterocycles. The van der Waals surface area contributed by atoms with Crippen molar-refractivity contribution in [2.75, 3.05) is 39.3 Å². The Labute approximate surface area is 189 Å². The number of rotatable bonds is 6. The number of piperidine rings is 1. The Bertz CT molecular complexity index is 1110. The molecule has 2 aromatic rings. The molecular weight excluding hydrogens is 428 g/mol. The lowest BCUT2D eigenvalue weighted by Crippen LogP contribution is -2.39. The second-order valence-corrected chi connectivity index (χ2v) is 9.03. The number of pyridine rings is 1. The SMILES string of the molecule is CC1=C(N2CCN(C3C4CN(C[C@@H](O)c5ccc(-n6cnnn6)nc5)CC43)C2=O)COC1=O. The van der Waals surface area contributed by atoms with E-state index in [9.17, 15) is 14.7 Å². The number of amides is 2. The molecule has 33 heavy (non-hydrogen) atoms. The summed E-state index contributed by atoms with van der Waals surface area (Å²) in [6.45, 7) is 5.39. The molecule has 2 unspecified atom stereocenters. The smallest absolute Gasteiger partial charge is 0.336 e. The van der Waals surface area contributed by atoms with Crippen LogP contribution in [0.2, 0.25) is 0 Å². The highest BCUT2D eigenvalue weighted by molar-refractivity contribution is 5.92. The van der Waals surface area contributed by atoms with E-state index in [-0.39, 0.29) is 24.6 Å². The van der Waals surface area contributed by atoms with E-state index in [1.807, 2.05) is 11.0 Å². The predicted molar refractivity (Wildman–Crippen MR) is 112 cm³/mol. The number of hydrogen-bond donors (Lipinski definition) is 1. The van der Waals surface area contributed by atoms with Crippen LogP contribution in [0.15, 0.2) is 35.9 Å². The van der Waals surface area contributed by atoms with Crippen molar-refractivity contribution < 1.29 is 19.4 Å². The van der Waals surface area contributed by atoms with Crippen molar-refractivity contribution in [1.82, 2.24) is 39.9 Å². The quantitative estimate of drug-likeness (QED) is 0.581. The topological polar surface area (TPSA) is 130 Å². The van der Waals surface area contributed by atoms with E-state index < -0.39 is 6.10 Å². The Morgan fingerprint density at radius 2 is 2.03 bits per heavy atom. The van der Waals surface area contributed by atoms with E-state index in [2.05, 4.69) is 25.4 Å². The van der Waals surface area contributed by atoms with Crippen LogP contribution in [0, 0.1) is 11.8 Å². The molecule has 172 valence electrons. The number of aromatic nitrogens is 5. The first-order valence-electron chi connectivity index (χ1n) is 11.1. The molecule has 1 aliphatic carbocycles. The van der Waals surface area contributed by atoms with Crippen LogP contribution < -0.4 is 0 Å². The highest BCUT2D eigenvalue weighted by Crippen LogP contribution is 2.50. The summed E-state index contributed by atoms with van der Waals surface area (Å²) in [6.07, 6.45) is 2.47. The standard InChI is InChI=1S/C21H24N8O4/c1-12-16(10-33-20(12)31)27-4-5-28(21(27)32)19-14-7-26(8-15(14)19)9-17(30)13-2-3-18(22-6-13)29-11-23-24-25-29/h2-3,6,11,14-15,17,19,30H,4-5,7-10H2,1H3/t14?,15?,17-,19?/m1/s1. The van der Waals surface area contributed by atoms with Crippen LogP contribution in [0.1, 0.15) is 18.6 Å². The van der Waals surface area contributed by atoms with Gasteiger partial charge in [-0.2, -0.15) is 4.68 Å². The van der Waals surface area contributed by atoms with Gasteiger partial charge >= 0.3 is 12.0 Å². The van der Waals surface area contributed by atoms with E-state index >= 15 is 0 Å². The number of carbonyl (C=O) groups is 2. The molecule has 0 aromatic carbocycles. The number of carbonyl (C=O) groups excluding carboxylic acids is 2. The molecule has 2 aromatic heterocycles. The van der Waals surface area contributed by atoms with Crippen molar-refractivity contribution in [1.29, 1.82) is 0 Å². The number of cyclic esters (lactones) is 1. The van der Waals surface area contributed by atoms with E-state index in [1.165, 1.54) is 11.0 Å². The molecule has 12 heteroatoms. The number of likely N-dealkylation sites (tertiary alicyclic amines) is 1. The van der Waals surface area contributed by atoms with Gasteiger partial charge in [-0.1, -0.05) is 6.07 Å². The molecule has 0 radical (unpaired) electrons. The fourth-order valence-electron chi connectivity index (χ4n) is 5.37. The van der Waals surface area contributed by atoms with E-state index in [0.717, 1.165) is 18.7 Å². The van der Waals surface area contributed by atoms with Gasteiger partial charge in [-0.25, -0.2) is 14.6 Å². The molecule has 3 aliphatic heterocycles. The summed E-state index contributed by atoms with van der Waals surface area (Å²) in [4.78, 5) is 34.9. The molecule has 2 amide bonds. The first kappa shape index (κ1) is 20.2. The highest BCUT2D eigenvalue weighted by atomic mass is 16.5. The van der Waals surface area contributed by atoms with Crippen molar-refractivity contribution in [3.63, 3.8) is 0 Å². The van der Waals surface area contributed by atoms with Gasteiger partial charge in [0.1, 0.15) is 12.9 Å². The van der Waals surface area contributed by atoms with Crippen molar-refractivity contribution in [2.45, 2.75) is 19.1 Å². The molecule has 0 spiro atoms. The predicted octanol–water partition coefficient (Wildman–Crippen LogP) is -0.411. The zero-order chi connectivity index (χ0) is 22.7. The average Bonchev–Trinajstić information content (AvgIpc) is 3.38. The Morgan fingerprint density at radius 1 is 1.21 bits per heavy atom. The molecule has 0 bridgehead atoms. The number of aliphatic hydroxyl groups excluding tert-OH is 1. The number of esters is 1. The van der Waals surface area contributed by atoms with Gasteiger partial charge in [-0.3, -0.25) is 9.80 Å². The van der Waals surface area contributed by atoms with E-state index in [1.54, 1.807) is 24.1 Å². The maximum Gasteiger partial charge on any atom is 0.336 e. The summed E-state index contributed by atoms with van der Waals surface area (Å²) < 4.78 is 6.53. The van der Waals surface area contributed by atoms with Crippen LogP contribution >= 0.6 is 0 Å². The van der Waals surface area contributed by atoms with Crippen LogP contribution in [-0.4, -0.2) is 102 Å². The second-order valence-electron chi connectivity index (χ2n) is 9.03. The largest absolute Gasteiger partial charge is 0.456 e. The van der Waals surface area contributed by atoms with Gasteiger partial charge in [0.2, 0.25) is 0 Å². The zero-order valence-corrected chi connectivity index (χ0v) is 18.1. The normalized spacial score (nSPS) is 28.0. The van der Waals surface area contributed by atoms with Crippen LogP contribution in [0.5, 0.6) is 0 Å². The Morgan fingerprint density at radius 3 is 2.67 bits per heavy atom. The third kappa shape index (κ3) is 3.37. The molecule has 5 heterocycles. The molecule has 6 rings (SSSR count). The van der Waals surface area contributed by atoms with Gasteiger partial charge in [-0.05, 0) is 35.3 Å². The molecular formula is C21H24N8O4. The van der Waals surface area contributed by atoms with Gasteiger partial charge in [0.25, 0.3) is 0 Å². The minimum atomic E-state index is -0.643. The van der Waals surface area contributed by atoms with Crippen molar-refractivity contribution >= 4 is 12.0 Å². The van der Waals surface area contributed by atoms with Crippen LogP contribution in [-0.2, 0) is 9.53 Å². The van der Waals surface area contributed by atoms with E-state index in [4.69, 9.17) is 4.74 Å². The van der Waals surface area contributed by atoms with Crippen LogP contribution in [0.3, 0.4) is 0 Å². The molecule has 12 nitrogen and oxygen atoms in total. The number of nitrogens with zero attached hydrogens (tertiary/aromatic N) is 8. The minimum absolute atomic E-state index is 0.0256. The van der Waals surface area contributed by atoms with Gasteiger partial charge in [0, 0.05) is 50.5 Å². The number of tetrazole rings is 1. The second kappa shape index (κ2) is 7.59. The van der Waals surface area contributed by atoms with Gasteiger partial charge < -0.3 is 14.7 Å². The molecule has 4 aliphatic rings. The number of β-amino-alcohol motifs (C(OH)–C–C–N with tert-alkyl or cyclic N) is 1. The maximum atomic E-state index is 13.0. The van der Waals surface area contributed by atoms with Gasteiger partial charge in [0.05, 0.1) is 17.4 Å². The molecule has 3 fully saturated rings. The number of fused-ring (bicyclic) bond motifs is 1. The summed E-state index contributed by atoms with van der Waals surface area (Å²) in [5.74, 6) is 1.11. The van der Waals surface area contributed by atoms with Crippen molar-refractivity contribution in [3.8, 4) is 5.82 Å². The number of ether oxygens (including phenoxy) is 1. The lowest BCUT2D eigenvalue weighted by Gasteiger charge is -2.26. The molecule has 1 saturated carbocycles. The minimum Gasteiger partial charge on any atom is -0.456 e. The summed E-state index contributed by atoms with van der Waals surface area (Å²) in [7, 11) is 0.